The molecule has 4 rings (SSSR count). The molecule has 2 aromatic heterocycles. The highest BCUT2D eigenvalue weighted by molar-refractivity contribution is 5.58. The first kappa shape index (κ1) is 13.1. The van der Waals surface area contributed by atoms with E-state index in [0.29, 0.717) is 17.6 Å². The van der Waals surface area contributed by atoms with E-state index in [1.807, 2.05) is 10.7 Å². The molecule has 0 amide bonds. The summed E-state index contributed by atoms with van der Waals surface area (Å²) in [6.07, 6.45) is 8.29. The summed E-state index contributed by atoms with van der Waals surface area (Å²) in [5.74, 6) is 1.34. The normalized spacial score (nSPS) is 27.4. The average Bonchev–Trinajstić information content (AvgIpc) is 3.16. The highest BCUT2D eigenvalue weighted by Crippen LogP contribution is 2.40. The molecule has 0 bridgehead atoms. The van der Waals surface area contributed by atoms with E-state index in [4.69, 9.17) is 9.47 Å². The minimum Gasteiger partial charge on any atom is -0.508 e. The predicted molar refractivity (Wildman–Crippen MR) is 77.2 cm³/mol. The Morgan fingerprint density at radius 2 is 1.90 bits per heavy atom. The monoisotopic (exact) mass is 288 g/mol. The lowest BCUT2D eigenvalue weighted by molar-refractivity contribution is -0.0931. The zero-order valence-electron chi connectivity index (χ0n) is 11.9. The van der Waals surface area contributed by atoms with Crippen molar-refractivity contribution in [1.29, 1.82) is 0 Å². The summed E-state index contributed by atoms with van der Waals surface area (Å²) >= 11 is 0. The minimum absolute atomic E-state index is 0.0129. The maximum Gasteiger partial charge on any atom is 0.160 e. The summed E-state index contributed by atoms with van der Waals surface area (Å²) in [6, 6.07) is 3.47. The first-order valence-corrected chi connectivity index (χ1v) is 7.71. The molecule has 0 atom stereocenters. The maximum atomic E-state index is 9.68. The molecule has 0 unspecified atom stereocenters. The second-order valence-electron chi connectivity index (χ2n) is 6.04. The number of aromatic nitrogens is 2. The van der Waals surface area contributed by atoms with Gasteiger partial charge in [0.25, 0.3) is 0 Å². The van der Waals surface area contributed by atoms with Crippen LogP contribution in [0.25, 0.3) is 5.52 Å². The van der Waals surface area contributed by atoms with Gasteiger partial charge in [0.05, 0.1) is 24.9 Å². The second kappa shape index (κ2) is 5.31. The molecule has 1 aliphatic carbocycles. The van der Waals surface area contributed by atoms with E-state index in [2.05, 4.69) is 5.10 Å². The lowest BCUT2D eigenvalue weighted by Gasteiger charge is -2.30. The summed E-state index contributed by atoms with van der Waals surface area (Å²) in [4.78, 5) is 0. The Bertz CT molecular complexity index is 625. The van der Waals surface area contributed by atoms with Gasteiger partial charge in [0.15, 0.2) is 6.29 Å². The third-order valence-electron chi connectivity index (χ3n) is 4.78. The Kier molecular flexibility index (Phi) is 3.31. The fraction of sp³-hybridized carbons (Fsp3) is 0.562. The molecule has 112 valence electrons. The van der Waals surface area contributed by atoms with Gasteiger partial charge in [-0.15, -0.1) is 0 Å². The van der Waals surface area contributed by atoms with Crippen molar-refractivity contribution < 1.29 is 14.6 Å². The first-order chi connectivity index (χ1) is 10.3. The van der Waals surface area contributed by atoms with E-state index >= 15 is 0 Å². The van der Waals surface area contributed by atoms with Crippen LogP contribution in [0.3, 0.4) is 0 Å². The van der Waals surface area contributed by atoms with Gasteiger partial charge in [-0.2, -0.15) is 5.10 Å². The Hall–Kier alpha value is -1.59. The molecule has 1 saturated carbocycles. The molecule has 3 heterocycles. The number of rotatable bonds is 2. The van der Waals surface area contributed by atoms with Crippen LogP contribution in [0.15, 0.2) is 24.5 Å². The molecule has 5 heteroatoms. The summed E-state index contributed by atoms with van der Waals surface area (Å²) in [5, 5.41) is 14.1. The first-order valence-electron chi connectivity index (χ1n) is 7.71. The zero-order chi connectivity index (χ0) is 14.2. The number of hydrogen-bond donors (Lipinski definition) is 1. The quantitative estimate of drug-likeness (QED) is 0.923. The van der Waals surface area contributed by atoms with Gasteiger partial charge in [0, 0.05) is 23.7 Å². The topological polar surface area (TPSA) is 56.0 Å². The number of fused-ring (bicyclic) bond motifs is 1. The van der Waals surface area contributed by atoms with E-state index in [1.54, 1.807) is 18.3 Å². The molecule has 0 aromatic carbocycles. The van der Waals surface area contributed by atoms with Crippen LogP contribution < -0.4 is 0 Å². The molecular weight excluding hydrogens is 268 g/mol. The van der Waals surface area contributed by atoms with Crippen LogP contribution in [0.1, 0.15) is 37.2 Å². The van der Waals surface area contributed by atoms with Gasteiger partial charge < -0.3 is 14.6 Å². The number of pyridine rings is 1. The number of nitrogens with zero attached hydrogens (tertiary/aromatic N) is 2. The van der Waals surface area contributed by atoms with Crippen LogP contribution in [0.2, 0.25) is 0 Å². The molecule has 2 fully saturated rings. The van der Waals surface area contributed by atoms with Crippen molar-refractivity contribution >= 4 is 5.52 Å². The Morgan fingerprint density at radius 3 is 2.67 bits per heavy atom. The fourth-order valence-electron chi connectivity index (χ4n) is 3.65. The van der Waals surface area contributed by atoms with Gasteiger partial charge in [0.1, 0.15) is 5.75 Å². The van der Waals surface area contributed by atoms with Crippen molar-refractivity contribution in [2.45, 2.75) is 37.9 Å². The molecule has 21 heavy (non-hydrogen) atoms. The number of ether oxygens (including phenoxy) is 2. The van der Waals surface area contributed by atoms with E-state index in [1.165, 1.54) is 5.56 Å². The van der Waals surface area contributed by atoms with Crippen LogP contribution >= 0.6 is 0 Å². The van der Waals surface area contributed by atoms with Crippen molar-refractivity contribution in [2.24, 2.45) is 5.92 Å². The summed E-state index contributed by atoms with van der Waals surface area (Å²) in [7, 11) is 0. The maximum absolute atomic E-state index is 9.68. The van der Waals surface area contributed by atoms with E-state index in [0.717, 1.165) is 44.4 Å². The van der Waals surface area contributed by atoms with Gasteiger partial charge in [-0.3, -0.25) is 0 Å². The molecule has 2 aromatic rings. The number of aromatic hydroxyl groups is 1. The summed E-state index contributed by atoms with van der Waals surface area (Å²) < 4.78 is 13.1. The predicted octanol–water partition coefficient (Wildman–Crippen LogP) is 2.69. The van der Waals surface area contributed by atoms with Crippen LogP contribution in [0.5, 0.6) is 5.75 Å². The van der Waals surface area contributed by atoms with E-state index < -0.39 is 0 Å². The summed E-state index contributed by atoms with van der Waals surface area (Å²) in [6.45, 7) is 1.47. The third kappa shape index (κ3) is 2.40. The van der Waals surface area contributed by atoms with Gasteiger partial charge in [-0.25, -0.2) is 4.52 Å². The van der Waals surface area contributed by atoms with Gasteiger partial charge >= 0.3 is 0 Å². The van der Waals surface area contributed by atoms with Crippen molar-refractivity contribution in [1.82, 2.24) is 9.61 Å². The second-order valence-corrected chi connectivity index (χ2v) is 6.04. The average molecular weight is 288 g/mol. The molecule has 5 nitrogen and oxygen atoms in total. The largest absolute Gasteiger partial charge is 0.508 e. The SMILES string of the molecule is Oc1ccn2ncc(C3CCC(C4OCCO4)CC3)c2c1. The summed E-state index contributed by atoms with van der Waals surface area (Å²) in [5.41, 5.74) is 2.27. The number of hydrogen-bond acceptors (Lipinski definition) is 4. The Labute approximate surface area is 123 Å². The van der Waals surface area contributed by atoms with Gasteiger partial charge in [-0.1, -0.05) is 0 Å². The third-order valence-corrected chi connectivity index (χ3v) is 4.78. The van der Waals surface area contributed by atoms with Crippen molar-refractivity contribution in [3.8, 4) is 5.75 Å². The molecule has 0 radical (unpaired) electrons. The van der Waals surface area contributed by atoms with Crippen molar-refractivity contribution in [3.63, 3.8) is 0 Å². The standard InChI is InChI=1S/C16H20N2O3/c19-13-5-6-18-15(9-13)14(10-17-18)11-1-3-12(4-2-11)16-20-7-8-21-16/h5-6,9-12,16,19H,1-4,7-8H2. The van der Waals surface area contributed by atoms with Crippen LogP contribution in [-0.4, -0.2) is 34.2 Å². The molecule has 1 aliphatic heterocycles. The Balaban J connectivity index is 1.50. The molecule has 1 saturated heterocycles. The Morgan fingerprint density at radius 1 is 1.14 bits per heavy atom. The fourth-order valence-corrected chi connectivity index (χ4v) is 3.65. The van der Waals surface area contributed by atoms with Crippen LogP contribution in [-0.2, 0) is 9.47 Å². The van der Waals surface area contributed by atoms with Crippen LogP contribution in [0, 0.1) is 5.92 Å². The molecule has 1 N–H and O–H groups in total. The van der Waals surface area contributed by atoms with Crippen LogP contribution in [0.4, 0.5) is 0 Å². The van der Waals surface area contributed by atoms with Gasteiger partial charge in [-0.05, 0) is 37.7 Å². The lowest BCUT2D eigenvalue weighted by atomic mass is 9.78. The smallest absolute Gasteiger partial charge is 0.160 e. The molecule has 2 aliphatic rings. The van der Waals surface area contributed by atoms with Crippen molar-refractivity contribution in [3.05, 3.63) is 30.1 Å². The zero-order valence-corrected chi connectivity index (χ0v) is 11.9. The van der Waals surface area contributed by atoms with Gasteiger partial charge in [0.2, 0.25) is 0 Å². The minimum atomic E-state index is 0.0129. The highest BCUT2D eigenvalue weighted by atomic mass is 16.7. The molecular formula is C16H20N2O3. The van der Waals surface area contributed by atoms with E-state index in [9.17, 15) is 5.11 Å². The lowest BCUT2D eigenvalue weighted by Crippen LogP contribution is -2.25. The van der Waals surface area contributed by atoms with Crippen molar-refractivity contribution in [2.75, 3.05) is 13.2 Å². The van der Waals surface area contributed by atoms with E-state index in [-0.39, 0.29) is 6.29 Å². The molecule has 0 spiro atoms. The highest BCUT2D eigenvalue weighted by Gasteiger charge is 2.32.